The molecule has 0 bridgehead atoms. The number of carboxylic acid groups (broad SMARTS) is 1. The molecule has 0 spiro atoms. The van der Waals surface area contributed by atoms with E-state index in [4.69, 9.17) is 14.8 Å². The number of rotatable bonds is 2. The van der Waals surface area contributed by atoms with Crippen LogP contribution in [0.1, 0.15) is 10.4 Å². The van der Waals surface area contributed by atoms with Crippen molar-refractivity contribution in [1.29, 1.82) is 0 Å². The van der Waals surface area contributed by atoms with Gasteiger partial charge < -0.3 is 14.8 Å². The van der Waals surface area contributed by atoms with Gasteiger partial charge in [-0.25, -0.2) is 17.4 Å². The van der Waals surface area contributed by atoms with Crippen molar-refractivity contribution < 1.29 is 55.6 Å². The maximum atomic E-state index is 10.3. The third kappa shape index (κ3) is 7.44. The molecule has 0 heterocycles. The van der Waals surface area contributed by atoms with Crippen LogP contribution < -0.4 is 18.9 Å². The van der Waals surface area contributed by atoms with Crippen LogP contribution >= 0.6 is 0 Å². The first-order chi connectivity index (χ1) is 7.66. The molecule has 0 saturated carbocycles. The van der Waals surface area contributed by atoms with Gasteiger partial charge in [-0.05, 0) is 12.1 Å². The Morgan fingerprint density at radius 3 is 1.89 bits per heavy atom. The Labute approximate surface area is 116 Å². The summed E-state index contributed by atoms with van der Waals surface area (Å²) in [6.07, 6.45) is 0. The van der Waals surface area contributed by atoms with Gasteiger partial charge in [0.05, 0.1) is 0 Å². The number of carbonyl (C=O) groups is 1. The Balaban J connectivity index is 0. The summed E-state index contributed by atoms with van der Waals surface area (Å²) in [5.74, 6) is -1.31. The van der Waals surface area contributed by atoms with E-state index in [0.717, 1.165) is 0 Å². The third-order valence-electron chi connectivity index (χ3n) is 1.31. The van der Waals surface area contributed by atoms with Crippen LogP contribution in [0.4, 0.5) is 0 Å². The molecule has 96 valence electrons. The Bertz CT molecular complexity index is 526. The zero-order valence-electron chi connectivity index (χ0n) is 9.01. The summed E-state index contributed by atoms with van der Waals surface area (Å²) < 4.78 is 44.4. The molecule has 1 unspecified atom stereocenters. The third-order valence-corrected chi connectivity index (χ3v) is 2.71. The summed E-state index contributed by atoms with van der Waals surface area (Å²) in [5.41, 5.74) is -0.0671. The van der Waals surface area contributed by atoms with Crippen molar-refractivity contribution in [2.45, 2.75) is 0 Å². The Kier molecular flexibility index (Phi) is 8.91. The van der Waals surface area contributed by atoms with E-state index < -0.39 is 25.2 Å². The minimum atomic E-state index is -4.96. The van der Waals surface area contributed by atoms with E-state index in [1.54, 1.807) is 12.1 Å². The van der Waals surface area contributed by atoms with Crippen molar-refractivity contribution in [3.05, 3.63) is 29.8 Å². The van der Waals surface area contributed by atoms with Gasteiger partial charge in [-0.2, -0.15) is 0 Å². The summed E-state index contributed by atoms with van der Waals surface area (Å²) in [4.78, 5) is 10.3. The number of para-hydroxylation sites is 1. The molecule has 0 saturated heterocycles. The number of hydrogen-bond donors (Lipinski definition) is 3. The largest absolute Gasteiger partial charge is 1.00 e. The van der Waals surface area contributed by atoms with Gasteiger partial charge in [-0.3, -0.25) is 4.55 Å². The molecule has 0 aromatic heterocycles. The second-order valence-corrected chi connectivity index (χ2v) is 5.78. The second kappa shape index (κ2) is 8.25. The van der Waals surface area contributed by atoms with E-state index in [0.29, 0.717) is 0 Å². The smallest absolute Gasteiger partial charge is 0.736 e. The molecule has 1 aromatic carbocycles. The summed E-state index contributed by atoms with van der Waals surface area (Å²) in [5, 5.41) is 17.3. The van der Waals surface area contributed by atoms with E-state index in [1.165, 1.54) is 12.1 Å². The Morgan fingerprint density at radius 1 is 1.28 bits per heavy atom. The molecule has 1 rings (SSSR count). The summed E-state index contributed by atoms with van der Waals surface area (Å²) >= 11 is 0. The van der Waals surface area contributed by atoms with Crippen LogP contribution in [0, 0.1) is 0 Å². The van der Waals surface area contributed by atoms with Gasteiger partial charge in [0.2, 0.25) is 9.15 Å². The zero-order chi connectivity index (χ0) is 13.6. The fraction of sp³-hybridized carbons (Fsp3) is 0. The summed E-state index contributed by atoms with van der Waals surface area (Å²) in [6.45, 7) is 0. The van der Waals surface area contributed by atoms with Crippen LogP contribution in [0.15, 0.2) is 24.3 Å². The monoisotopic (exact) mass is 290 g/mol. The molecule has 0 fully saturated rings. The maximum absolute atomic E-state index is 10.3. The number of aromatic hydroxyl groups is 1. The minimum Gasteiger partial charge on any atom is -0.736 e. The van der Waals surface area contributed by atoms with Gasteiger partial charge in [0.15, 0.2) is 0 Å². The number of phenols is 1. The molecule has 11 heteroatoms. The first-order valence-corrected chi connectivity index (χ1v) is 6.78. The fourth-order valence-electron chi connectivity index (χ4n) is 0.654. The van der Waals surface area contributed by atoms with E-state index in [-0.39, 0.29) is 30.2 Å². The van der Waals surface area contributed by atoms with E-state index in [9.17, 15) is 22.0 Å². The number of aromatic carboxylic acids is 1. The minimum absolute atomic E-state index is 0. The van der Waals surface area contributed by atoms with Crippen LogP contribution in [0.5, 0.6) is 5.75 Å². The normalized spacial score (nSPS) is 11.4. The maximum Gasteiger partial charge on any atom is 1.00 e. The van der Waals surface area contributed by atoms with Crippen LogP contribution in [-0.2, 0) is 19.3 Å². The Morgan fingerprint density at radius 2 is 1.67 bits per heavy atom. The van der Waals surface area contributed by atoms with Crippen molar-refractivity contribution in [3.8, 4) is 5.75 Å². The van der Waals surface area contributed by atoms with Gasteiger partial charge in [-0.15, -0.1) is 0 Å². The molecule has 1 aromatic rings. The molecule has 0 aliphatic heterocycles. The fourth-order valence-corrected chi connectivity index (χ4v) is 0.654. The first kappa shape index (κ1) is 19.4. The van der Waals surface area contributed by atoms with E-state index in [2.05, 4.69) is 0 Å². The van der Waals surface area contributed by atoms with Crippen molar-refractivity contribution >= 4 is 25.2 Å². The first-order valence-electron chi connectivity index (χ1n) is 3.74. The molecule has 0 aliphatic carbocycles. The molecular weight excluding hydrogens is 283 g/mol. The summed E-state index contributed by atoms with van der Waals surface area (Å²) in [6, 6.07) is 5.81. The number of hydrogen-bond acceptors (Lipinski definition) is 6. The van der Waals surface area contributed by atoms with Crippen molar-refractivity contribution in [1.82, 2.24) is 0 Å². The average Bonchev–Trinajstić information content (AvgIpc) is 2.17. The molecule has 8 nitrogen and oxygen atoms in total. The molecule has 1 atom stereocenters. The standard InChI is InChI=1S/C7H6O3.Li.H2O5S2/c8-6-4-2-1-3-5(6)7(9)10;;1-6(2)7(3,4)5/h1-4,8H,(H,9,10);;(H,1,2)(H,3,4,5)/q;+1;/p-1. The number of benzene rings is 1. The second-order valence-electron chi connectivity index (χ2n) is 2.45. The van der Waals surface area contributed by atoms with Crippen LogP contribution in [0.3, 0.4) is 0 Å². The zero-order valence-corrected chi connectivity index (χ0v) is 10.6. The molecule has 18 heavy (non-hydrogen) atoms. The van der Waals surface area contributed by atoms with Gasteiger partial charge >= 0.3 is 24.8 Å². The van der Waals surface area contributed by atoms with E-state index in [1.807, 2.05) is 0 Å². The van der Waals surface area contributed by atoms with Gasteiger partial charge in [0.1, 0.15) is 11.3 Å². The van der Waals surface area contributed by atoms with Crippen LogP contribution in [0.2, 0.25) is 0 Å². The molecule has 0 radical (unpaired) electrons. The Hall–Kier alpha value is -0.893. The number of carboxylic acids is 1. The summed E-state index contributed by atoms with van der Waals surface area (Å²) in [7, 11) is -8.23. The topological polar surface area (TPSA) is 152 Å². The average molecular weight is 290 g/mol. The van der Waals surface area contributed by atoms with Gasteiger partial charge in [0.25, 0.3) is 10.1 Å². The predicted octanol–water partition coefficient (Wildman–Crippen LogP) is -3.24. The SMILES string of the molecule is O=C(O)c1ccccc1O.O=S(O)S(=O)(=O)[O-].[Li+]. The van der Waals surface area contributed by atoms with Crippen molar-refractivity contribution in [2.24, 2.45) is 0 Å². The van der Waals surface area contributed by atoms with Crippen LogP contribution in [-0.4, -0.2) is 37.9 Å². The van der Waals surface area contributed by atoms with Crippen molar-refractivity contribution in [3.63, 3.8) is 0 Å². The van der Waals surface area contributed by atoms with Gasteiger partial charge in [0, 0.05) is 0 Å². The van der Waals surface area contributed by atoms with E-state index >= 15 is 0 Å². The molecule has 0 amide bonds. The quantitative estimate of drug-likeness (QED) is 0.222. The van der Waals surface area contributed by atoms with Crippen molar-refractivity contribution in [2.75, 3.05) is 0 Å². The molecule has 0 aliphatic rings. The van der Waals surface area contributed by atoms with Gasteiger partial charge in [-0.1, -0.05) is 12.1 Å². The molecule has 3 N–H and O–H groups in total. The van der Waals surface area contributed by atoms with Crippen LogP contribution in [0.25, 0.3) is 0 Å². The molecular formula is C7H7LiO8S2. The predicted molar refractivity (Wildman–Crippen MR) is 55.5 cm³/mol.